The first-order valence-corrected chi connectivity index (χ1v) is 51.4. The molecule has 0 amide bonds. The Kier molecular flexibility index (Phi) is 23.5. The molecule has 5 rings (SSSR count). The third kappa shape index (κ3) is 11.6. The standard InChI is InChI=1S/C27H54O8P20.Ac/c1-14-17(34-48(54(46)51(40)41)55(52(42)43)53(44)45)12-27(31)22(33-23(29)15-8-6-5-7-9-15)21-25(4,11-16(28)20(14)24(27,2)3)18(10-19-26(21,30)13-32-19)35-47(49(36)37)50(38)39;/h5-9,17-19,21-22,30-31H,10-13,36-46H2,1-4H3;/t17?,18?,19?,21?,22?,25-,26+,27?,48?,54?;/m1./s1. The molecule has 1 aromatic carbocycles. The van der Waals surface area contributed by atoms with Gasteiger partial charge in [0.15, 0.2) is 5.78 Å². The van der Waals surface area contributed by atoms with Gasteiger partial charge in [-0.2, -0.15) is 0 Å². The fourth-order valence-electron chi connectivity index (χ4n) is 8.53. The van der Waals surface area contributed by atoms with Crippen LogP contribution in [-0.4, -0.2) is 64.2 Å². The second-order valence-corrected chi connectivity index (χ2v) is 87.2. The molecule has 3 fully saturated rings. The zero-order valence-electron chi connectivity index (χ0n) is 31.4. The molecule has 4 aliphatic rings. The summed E-state index contributed by atoms with van der Waals surface area (Å²) in [6.07, 6.45) is -2.47. The third-order valence-corrected chi connectivity index (χ3v) is 104. The number of aliphatic hydroxyl groups is 2. The number of esters is 1. The minimum Gasteiger partial charge on any atom is -0.455 e. The maximum Gasteiger partial charge on any atom is 0.338 e. The number of hydrogen-bond donors (Lipinski definition) is 2. The van der Waals surface area contributed by atoms with E-state index in [4.69, 9.17) is 18.5 Å². The van der Waals surface area contributed by atoms with Crippen molar-refractivity contribution in [2.45, 2.75) is 82.6 Å². The molecule has 2 N–H and O–H groups in total. The molecule has 19 unspecified atom stereocenters. The summed E-state index contributed by atoms with van der Waals surface area (Å²) in [4.78, 5) is 29.6. The van der Waals surface area contributed by atoms with Gasteiger partial charge in [0.1, 0.15) is 17.3 Å². The number of rotatable bonds is 13. The SMILES string of the molecule is CC1=C2C(=O)C[C@]3(C)C(OP(P(P)P)P(P)P)CC4OC[C@@]4(O)C3C(OC(=O)c3ccccc3)C(O)(CC1OP(P(P)P(P)P)P(P(P)P)P(P)P)C2(C)C.[Ac]. The molecule has 1 heterocycles. The van der Waals surface area contributed by atoms with Gasteiger partial charge in [0, 0.05) is 99.6 Å². The van der Waals surface area contributed by atoms with Crippen LogP contribution in [0.3, 0.4) is 0 Å². The van der Waals surface area contributed by atoms with Crippen molar-refractivity contribution in [2.24, 2.45) is 16.7 Å². The van der Waals surface area contributed by atoms with Crippen LogP contribution in [0.5, 0.6) is 0 Å². The first kappa shape index (κ1) is 56.5. The molecule has 2 bridgehead atoms. The van der Waals surface area contributed by atoms with Crippen molar-refractivity contribution in [3.05, 3.63) is 47.0 Å². The normalized spacial score (nSPS) is 33.9. The second-order valence-electron chi connectivity index (χ2n) is 14.8. The topological polar surface area (TPSA) is 112 Å². The summed E-state index contributed by atoms with van der Waals surface area (Å²) >= 11 is 0. The van der Waals surface area contributed by atoms with Crippen LogP contribution in [0.25, 0.3) is 0 Å². The summed E-state index contributed by atoms with van der Waals surface area (Å²) in [5.41, 5.74) is -3.83. The van der Waals surface area contributed by atoms with Crippen LogP contribution in [0.15, 0.2) is 41.5 Å². The van der Waals surface area contributed by atoms with Gasteiger partial charge in [-0.25, -0.2) is 4.79 Å². The molecular formula is C27H54AcO8P20. The number of benzene rings is 1. The van der Waals surface area contributed by atoms with E-state index < -0.39 is 122 Å². The van der Waals surface area contributed by atoms with Crippen molar-refractivity contribution in [3.63, 3.8) is 0 Å². The predicted octanol–water partition coefficient (Wildman–Crippen LogP) is 13.9. The van der Waals surface area contributed by atoms with E-state index in [9.17, 15) is 15.0 Å². The van der Waals surface area contributed by atoms with Gasteiger partial charge < -0.3 is 28.7 Å². The molecule has 21 atom stereocenters. The van der Waals surface area contributed by atoms with Crippen LogP contribution in [0.4, 0.5) is 0 Å². The van der Waals surface area contributed by atoms with Crippen molar-refractivity contribution in [2.75, 3.05) is 6.61 Å². The van der Waals surface area contributed by atoms with Gasteiger partial charge in [0.2, 0.25) is 0 Å². The van der Waals surface area contributed by atoms with Crippen molar-refractivity contribution >= 4 is 174 Å². The Morgan fingerprint density at radius 3 is 1.89 bits per heavy atom. The van der Waals surface area contributed by atoms with Gasteiger partial charge in [-0.05, 0) is 59.6 Å². The van der Waals surface area contributed by atoms with E-state index in [0.29, 0.717) is 17.6 Å². The van der Waals surface area contributed by atoms with Crippen molar-refractivity contribution in [1.82, 2.24) is 0 Å². The molecule has 29 heteroatoms. The first-order valence-electron chi connectivity index (χ1n) is 16.8. The van der Waals surface area contributed by atoms with Crippen molar-refractivity contribution < 1.29 is 82.4 Å². The molecule has 313 valence electrons. The Hall–Kier alpha value is 7.94. The summed E-state index contributed by atoms with van der Waals surface area (Å²) in [6.45, 7) is 3.80. The summed E-state index contributed by atoms with van der Waals surface area (Å²) in [7, 11) is 31.0. The minimum atomic E-state index is -1.83. The quantitative estimate of drug-likeness (QED) is 0.148. The summed E-state index contributed by atoms with van der Waals surface area (Å²) in [6, 6.07) is 8.79. The van der Waals surface area contributed by atoms with E-state index in [1.54, 1.807) is 24.3 Å². The number of fused-ring (bicyclic) bond motifs is 5. The third-order valence-electron chi connectivity index (χ3n) is 11.2. The Bertz CT molecular complexity index is 1600. The number of Topliss-reactive ketones (excluding diaryl/α,β-unsaturated/α-hetero) is 1. The molecule has 56 heavy (non-hydrogen) atoms. The monoisotopic (exact) mass is 1350 g/mol. The molecule has 0 spiro atoms. The van der Waals surface area contributed by atoms with Gasteiger partial charge in [0.25, 0.3) is 0 Å². The summed E-state index contributed by atoms with van der Waals surface area (Å²) in [5.74, 6) is -1.59. The number of ether oxygens (including phenoxy) is 2. The van der Waals surface area contributed by atoms with E-state index in [1.807, 2.05) is 33.8 Å². The van der Waals surface area contributed by atoms with E-state index in [-0.39, 0.29) is 69.3 Å². The molecule has 1 saturated heterocycles. The Morgan fingerprint density at radius 2 is 1.41 bits per heavy atom. The second kappa shape index (κ2) is 23.2. The molecule has 1 radical (unpaired) electrons. The van der Waals surface area contributed by atoms with Gasteiger partial charge in [-0.3, -0.25) is 4.79 Å². The van der Waals surface area contributed by atoms with Crippen LogP contribution in [0.1, 0.15) is 57.3 Å². The average molecular weight is 1350 g/mol. The zero-order chi connectivity index (χ0) is 41.2. The summed E-state index contributed by atoms with van der Waals surface area (Å²) < 4.78 is 27.4. The largest absolute Gasteiger partial charge is 0.455 e. The van der Waals surface area contributed by atoms with Gasteiger partial charge >= 0.3 is 5.97 Å². The molecule has 0 aromatic heterocycles. The van der Waals surface area contributed by atoms with E-state index >= 15 is 4.79 Å². The number of hydrogen-bond acceptors (Lipinski definition) is 8. The predicted molar refractivity (Wildman–Crippen MR) is 291 cm³/mol. The minimum absolute atomic E-state index is 0. The molecule has 2 saturated carbocycles. The summed E-state index contributed by atoms with van der Waals surface area (Å²) in [5, 5.41) is 26.7. The zero-order valence-corrected chi connectivity index (χ0v) is 56.9. The van der Waals surface area contributed by atoms with Crippen LogP contribution in [-0.2, 0) is 23.3 Å². The maximum absolute atomic E-state index is 15.3. The molecule has 1 aliphatic heterocycles. The Balaban J connectivity index is 0.00000696. The number of ketones is 1. The van der Waals surface area contributed by atoms with Gasteiger partial charge in [-0.15, -0.1) is 89.3 Å². The first-order chi connectivity index (χ1) is 25.4. The van der Waals surface area contributed by atoms with Crippen molar-refractivity contribution in [3.8, 4) is 0 Å². The van der Waals surface area contributed by atoms with E-state index in [2.05, 4.69) is 98.2 Å². The fourth-order valence-corrected chi connectivity index (χ4v) is 137. The van der Waals surface area contributed by atoms with Crippen LogP contribution >= 0.6 is 162 Å². The molecule has 8 nitrogen and oxygen atoms in total. The van der Waals surface area contributed by atoms with Crippen LogP contribution in [0, 0.1) is 60.8 Å². The molecule has 1 aromatic rings. The van der Waals surface area contributed by atoms with Gasteiger partial charge in [-0.1, -0.05) is 47.9 Å². The van der Waals surface area contributed by atoms with E-state index in [1.165, 1.54) is 0 Å². The Morgan fingerprint density at radius 1 is 0.839 bits per heavy atom. The Labute approximate surface area is 404 Å². The van der Waals surface area contributed by atoms with Gasteiger partial charge in [0.05, 0.1) is 45.5 Å². The van der Waals surface area contributed by atoms with Crippen LogP contribution < -0.4 is 0 Å². The van der Waals surface area contributed by atoms with Crippen LogP contribution in [0.2, 0.25) is 0 Å². The van der Waals surface area contributed by atoms with E-state index in [0.717, 1.165) is 5.57 Å². The fraction of sp³-hybridized carbons (Fsp3) is 0.630. The number of carbonyl (C=O) groups is 2. The van der Waals surface area contributed by atoms with Crippen molar-refractivity contribution in [1.29, 1.82) is 0 Å². The average Bonchev–Trinajstić information content (AvgIpc) is 3.07. The molecular weight excluding hydrogens is 1300 g/mol. The smallest absolute Gasteiger partial charge is 0.338 e. The molecule has 3 aliphatic carbocycles. The maximum atomic E-state index is 15.3. The number of carbonyl (C=O) groups excluding carboxylic acids is 2.